The monoisotopic (exact) mass is 234 g/mol. The number of ether oxygens (including phenoxy) is 1. The van der Waals surface area contributed by atoms with Crippen LogP contribution in [0.15, 0.2) is 18.2 Å². The van der Waals surface area contributed by atoms with E-state index < -0.39 is 0 Å². The molecular formula is C14H22N2O. The van der Waals surface area contributed by atoms with Crippen molar-refractivity contribution in [3.8, 4) is 5.75 Å². The lowest BCUT2D eigenvalue weighted by atomic mass is 10.1. The Kier molecular flexibility index (Phi) is 4.40. The van der Waals surface area contributed by atoms with Crippen molar-refractivity contribution < 1.29 is 4.74 Å². The summed E-state index contributed by atoms with van der Waals surface area (Å²) in [4.78, 5) is 0. The third-order valence-corrected chi connectivity index (χ3v) is 3.43. The molecule has 3 nitrogen and oxygen atoms in total. The summed E-state index contributed by atoms with van der Waals surface area (Å²) in [7, 11) is 0. The second-order valence-electron chi connectivity index (χ2n) is 4.68. The predicted octanol–water partition coefficient (Wildman–Crippen LogP) is 1.70. The molecule has 0 amide bonds. The molecule has 94 valence electrons. The third-order valence-electron chi connectivity index (χ3n) is 3.43. The summed E-state index contributed by atoms with van der Waals surface area (Å²) >= 11 is 0. The van der Waals surface area contributed by atoms with Crippen molar-refractivity contribution in [1.29, 1.82) is 0 Å². The summed E-state index contributed by atoms with van der Waals surface area (Å²) in [5.74, 6) is 1.65. The highest BCUT2D eigenvalue weighted by molar-refractivity contribution is 5.39. The number of rotatable bonds is 6. The van der Waals surface area contributed by atoms with Crippen LogP contribution in [0.2, 0.25) is 0 Å². The molecule has 1 aromatic rings. The van der Waals surface area contributed by atoms with Crippen LogP contribution in [0.5, 0.6) is 5.75 Å². The number of nitrogens with two attached hydrogens (primary N) is 1. The van der Waals surface area contributed by atoms with Gasteiger partial charge in [-0.1, -0.05) is 25.5 Å². The van der Waals surface area contributed by atoms with Crippen LogP contribution in [0.25, 0.3) is 0 Å². The molecule has 1 aliphatic heterocycles. The molecule has 0 saturated heterocycles. The SMILES string of the molecule is CCC(CN)CNCc1ccc2c(c1)CCO2. The first-order valence-corrected chi connectivity index (χ1v) is 6.49. The van der Waals surface area contributed by atoms with Crippen LogP contribution >= 0.6 is 0 Å². The van der Waals surface area contributed by atoms with E-state index in [0.29, 0.717) is 5.92 Å². The molecule has 3 heteroatoms. The second-order valence-corrected chi connectivity index (χ2v) is 4.68. The molecule has 0 radical (unpaired) electrons. The molecule has 0 bridgehead atoms. The zero-order valence-electron chi connectivity index (χ0n) is 10.5. The van der Waals surface area contributed by atoms with Gasteiger partial charge in [0.05, 0.1) is 6.61 Å². The van der Waals surface area contributed by atoms with Crippen LogP contribution in [0.4, 0.5) is 0 Å². The van der Waals surface area contributed by atoms with Gasteiger partial charge in [-0.2, -0.15) is 0 Å². The average Bonchev–Trinajstić information content (AvgIpc) is 2.82. The largest absolute Gasteiger partial charge is 0.493 e. The highest BCUT2D eigenvalue weighted by Gasteiger charge is 2.11. The van der Waals surface area contributed by atoms with Crippen molar-refractivity contribution in [2.24, 2.45) is 11.7 Å². The minimum atomic E-state index is 0.591. The van der Waals surface area contributed by atoms with Gasteiger partial charge in [0.25, 0.3) is 0 Å². The Morgan fingerprint density at radius 3 is 3.12 bits per heavy atom. The number of nitrogens with one attached hydrogen (secondary N) is 1. The summed E-state index contributed by atoms with van der Waals surface area (Å²) in [6.45, 7) is 5.70. The number of hydrogen-bond acceptors (Lipinski definition) is 3. The minimum absolute atomic E-state index is 0.591. The maximum absolute atomic E-state index is 5.68. The maximum Gasteiger partial charge on any atom is 0.122 e. The zero-order chi connectivity index (χ0) is 12.1. The van der Waals surface area contributed by atoms with Gasteiger partial charge in [-0.15, -0.1) is 0 Å². The number of benzene rings is 1. The molecule has 2 rings (SSSR count). The Morgan fingerprint density at radius 1 is 1.47 bits per heavy atom. The van der Waals surface area contributed by atoms with E-state index >= 15 is 0 Å². The van der Waals surface area contributed by atoms with Crippen LogP contribution in [-0.4, -0.2) is 19.7 Å². The molecule has 0 fully saturated rings. The Labute approximate surface area is 103 Å². The lowest BCUT2D eigenvalue weighted by Crippen LogP contribution is -2.27. The van der Waals surface area contributed by atoms with Crippen LogP contribution < -0.4 is 15.8 Å². The Balaban J connectivity index is 1.83. The lowest BCUT2D eigenvalue weighted by molar-refractivity contribution is 0.357. The summed E-state index contributed by atoms with van der Waals surface area (Å²) in [6.07, 6.45) is 2.19. The van der Waals surface area contributed by atoms with Crippen molar-refractivity contribution in [2.45, 2.75) is 26.3 Å². The first-order chi connectivity index (χ1) is 8.33. The third kappa shape index (κ3) is 3.20. The number of hydrogen-bond donors (Lipinski definition) is 2. The van der Waals surface area contributed by atoms with Crippen molar-refractivity contribution in [1.82, 2.24) is 5.32 Å². The van der Waals surface area contributed by atoms with E-state index in [4.69, 9.17) is 10.5 Å². The molecule has 0 aromatic heterocycles. The molecule has 17 heavy (non-hydrogen) atoms. The van der Waals surface area contributed by atoms with Crippen molar-refractivity contribution in [2.75, 3.05) is 19.7 Å². The average molecular weight is 234 g/mol. The van der Waals surface area contributed by atoms with Gasteiger partial charge in [0, 0.05) is 13.0 Å². The van der Waals surface area contributed by atoms with Gasteiger partial charge >= 0.3 is 0 Å². The van der Waals surface area contributed by atoms with Gasteiger partial charge in [-0.05, 0) is 36.2 Å². The fourth-order valence-electron chi connectivity index (χ4n) is 2.16. The summed E-state index contributed by atoms with van der Waals surface area (Å²) in [6, 6.07) is 6.47. The predicted molar refractivity (Wildman–Crippen MR) is 70.2 cm³/mol. The van der Waals surface area contributed by atoms with Crippen LogP contribution in [0, 0.1) is 5.92 Å². The highest BCUT2D eigenvalue weighted by Crippen LogP contribution is 2.25. The fraction of sp³-hybridized carbons (Fsp3) is 0.571. The minimum Gasteiger partial charge on any atom is -0.493 e. The van der Waals surface area contributed by atoms with E-state index in [2.05, 4.69) is 30.4 Å². The summed E-state index contributed by atoms with van der Waals surface area (Å²) < 4.78 is 5.49. The van der Waals surface area contributed by atoms with E-state index in [1.807, 2.05) is 0 Å². The first-order valence-electron chi connectivity index (χ1n) is 6.49. The van der Waals surface area contributed by atoms with Gasteiger partial charge in [-0.25, -0.2) is 0 Å². The molecule has 1 aromatic carbocycles. The molecule has 1 unspecified atom stereocenters. The van der Waals surface area contributed by atoms with E-state index in [1.165, 1.54) is 11.1 Å². The van der Waals surface area contributed by atoms with Crippen molar-refractivity contribution in [3.05, 3.63) is 29.3 Å². The van der Waals surface area contributed by atoms with E-state index in [0.717, 1.165) is 44.8 Å². The Hall–Kier alpha value is -1.06. The molecule has 1 aliphatic rings. The van der Waals surface area contributed by atoms with Crippen molar-refractivity contribution >= 4 is 0 Å². The molecule has 0 saturated carbocycles. The molecule has 1 atom stereocenters. The molecular weight excluding hydrogens is 212 g/mol. The fourth-order valence-corrected chi connectivity index (χ4v) is 2.16. The maximum atomic E-state index is 5.68. The van der Waals surface area contributed by atoms with E-state index in [-0.39, 0.29) is 0 Å². The number of fused-ring (bicyclic) bond motifs is 1. The van der Waals surface area contributed by atoms with Gasteiger partial charge in [0.1, 0.15) is 5.75 Å². The zero-order valence-corrected chi connectivity index (χ0v) is 10.5. The van der Waals surface area contributed by atoms with Gasteiger partial charge < -0.3 is 15.8 Å². The second kappa shape index (κ2) is 6.03. The van der Waals surface area contributed by atoms with Gasteiger partial charge in [-0.3, -0.25) is 0 Å². The van der Waals surface area contributed by atoms with Crippen LogP contribution in [0.3, 0.4) is 0 Å². The Morgan fingerprint density at radius 2 is 2.35 bits per heavy atom. The van der Waals surface area contributed by atoms with Crippen LogP contribution in [-0.2, 0) is 13.0 Å². The lowest BCUT2D eigenvalue weighted by Gasteiger charge is -2.13. The van der Waals surface area contributed by atoms with E-state index in [9.17, 15) is 0 Å². The van der Waals surface area contributed by atoms with Gasteiger partial charge in [0.2, 0.25) is 0 Å². The van der Waals surface area contributed by atoms with Crippen LogP contribution in [0.1, 0.15) is 24.5 Å². The van der Waals surface area contributed by atoms with E-state index in [1.54, 1.807) is 0 Å². The normalized spacial score (nSPS) is 15.4. The summed E-state index contributed by atoms with van der Waals surface area (Å²) in [5.41, 5.74) is 8.36. The molecule has 1 heterocycles. The molecule has 3 N–H and O–H groups in total. The molecule has 0 spiro atoms. The smallest absolute Gasteiger partial charge is 0.122 e. The topological polar surface area (TPSA) is 47.3 Å². The highest BCUT2D eigenvalue weighted by atomic mass is 16.5. The quantitative estimate of drug-likeness (QED) is 0.787. The van der Waals surface area contributed by atoms with Gasteiger partial charge in [0.15, 0.2) is 0 Å². The van der Waals surface area contributed by atoms with Crippen molar-refractivity contribution in [3.63, 3.8) is 0 Å². The standard InChI is InChI=1S/C14H22N2O/c1-2-11(8-15)9-16-10-12-3-4-14-13(7-12)5-6-17-14/h3-4,7,11,16H,2,5-6,8-10,15H2,1H3. The first kappa shape index (κ1) is 12.4. The molecule has 0 aliphatic carbocycles. The summed E-state index contributed by atoms with van der Waals surface area (Å²) in [5, 5.41) is 3.47. The Bertz CT molecular complexity index is 361.